The van der Waals surface area contributed by atoms with Crippen molar-refractivity contribution < 1.29 is 11.3 Å². The molecule has 13 heavy (non-hydrogen) atoms. The summed E-state index contributed by atoms with van der Waals surface area (Å²) in [4.78, 5) is 14.8. The fraction of sp³-hybridized carbons (Fsp3) is 0.500. The van der Waals surface area contributed by atoms with Crippen LogP contribution in [0.3, 0.4) is 0 Å². The Balaban J connectivity index is 2.51. The van der Waals surface area contributed by atoms with Crippen LogP contribution < -0.4 is 5.32 Å². The molecule has 1 aromatic heterocycles. The van der Waals surface area contributed by atoms with E-state index in [-0.39, 0.29) is 12.8 Å². The van der Waals surface area contributed by atoms with Crippen LogP contribution in [-0.2, 0) is 20.0 Å². The molecule has 5 heteroatoms. The van der Waals surface area contributed by atoms with E-state index in [1.165, 1.54) is 4.57 Å². The third-order valence-corrected chi connectivity index (χ3v) is 2.18. The number of carboxylic acids is 1. The number of carbonyl (C=O) groups is 1. The predicted octanol–water partition coefficient (Wildman–Crippen LogP) is -0.236. The first-order valence-corrected chi connectivity index (χ1v) is 4.05. The van der Waals surface area contributed by atoms with E-state index in [9.17, 15) is 4.79 Å². The summed E-state index contributed by atoms with van der Waals surface area (Å²) in [6.45, 7) is 1.42. The van der Waals surface area contributed by atoms with Crippen molar-refractivity contribution in [3.05, 3.63) is 17.2 Å². The molecule has 0 fully saturated rings. The molecule has 0 bridgehead atoms. The zero-order chi connectivity index (χ0) is 10.1. The van der Waals surface area contributed by atoms with Gasteiger partial charge in [0.15, 0.2) is 0 Å². The third-order valence-electron chi connectivity index (χ3n) is 2.18. The zero-order valence-corrected chi connectivity index (χ0v) is 7.08. The molecule has 0 spiro atoms. The van der Waals surface area contributed by atoms with Gasteiger partial charge in [0.05, 0.1) is 5.69 Å². The van der Waals surface area contributed by atoms with Crippen LogP contribution >= 0.6 is 0 Å². The van der Waals surface area contributed by atoms with Gasteiger partial charge in [-0.2, -0.15) is 0 Å². The molecule has 0 radical (unpaired) electrons. The Bertz CT molecular complexity index is 375. The first-order chi connectivity index (χ1) is 6.74. The monoisotopic (exact) mass is 182 g/mol. The third kappa shape index (κ3) is 1.21. The standard InChI is InChI=1S/C8H11N3O2/c1-11-6-2-3-9-4-5(6)10-7(11)8(12)13/h9H,2-4H2,1H3,(H,12,13)/i1D. The Morgan fingerprint density at radius 2 is 2.69 bits per heavy atom. The molecule has 1 aromatic rings. The minimum absolute atomic E-state index is 0.0197. The Kier molecular flexibility index (Phi) is 1.55. The van der Waals surface area contributed by atoms with Gasteiger partial charge in [-0.05, 0) is 0 Å². The number of aromatic carboxylic acids is 1. The minimum atomic E-state index is -1.06. The van der Waals surface area contributed by atoms with E-state index < -0.39 is 5.97 Å². The second-order valence-electron chi connectivity index (χ2n) is 2.99. The van der Waals surface area contributed by atoms with Crippen molar-refractivity contribution >= 4 is 5.97 Å². The van der Waals surface area contributed by atoms with Crippen LogP contribution in [-0.4, -0.2) is 27.2 Å². The molecule has 0 aliphatic carbocycles. The van der Waals surface area contributed by atoms with Gasteiger partial charge in [0, 0.05) is 33.6 Å². The highest BCUT2D eigenvalue weighted by atomic mass is 16.4. The zero-order valence-electron chi connectivity index (χ0n) is 8.08. The van der Waals surface area contributed by atoms with Crippen molar-refractivity contribution in [2.24, 2.45) is 7.02 Å². The van der Waals surface area contributed by atoms with E-state index in [1.54, 1.807) is 0 Å². The summed E-state index contributed by atoms with van der Waals surface area (Å²) in [5.41, 5.74) is 1.65. The van der Waals surface area contributed by atoms with E-state index in [0.717, 1.165) is 24.4 Å². The van der Waals surface area contributed by atoms with E-state index in [0.29, 0.717) is 6.54 Å². The smallest absolute Gasteiger partial charge is 0.372 e. The van der Waals surface area contributed by atoms with Gasteiger partial charge in [0.2, 0.25) is 5.82 Å². The number of rotatable bonds is 1. The van der Waals surface area contributed by atoms with Gasteiger partial charge in [-0.15, -0.1) is 0 Å². The topological polar surface area (TPSA) is 67.2 Å². The Morgan fingerprint density at radius 1 is 1.85 bits per heavy atom. The molecular weight excluding hydrogens is 170 g/mol. The van der Waals surface area contributed by atoms with E-state index in [4.69, 9.17) is 6.48 Å². The van der Waals surface area contributed by atoms with Crippen LogP contribution in [0.25, 0.3) is 0 Å². The maximum Gasteiger partial charge on any atom is 0.372 e. The highest BCUT2D eigenvalue weighted by Crippen LogP contribution is 2.14. The second kappa shape index (κ2) is 2.85. The van der Waals surface area contributed by atoms with Gasteiger partial charge in [0.25, 0.3) is 0 Å². The first-order valence-electron chi connectivity index (χ1n) is 4.76. The van der Waals surface area contributed by atoms with Crippen LogP contribution in [0.1, 0.15) is 23.4 Å². The number of hydrogen-bond donors (Lipinski definition) is 2. The van der Waals surface area contributed by atoms with Crippen molar-refractivity contribution in [2.75, 3.05) is 6.54 Å². The molecule has 1 aliphatic rings. The van der Waals surface area contributed by atoms with Gasteiger partial charge in [-0.25, -0.2) is 9.78 Å². The Labute approximate surface area is 76.8 Å². The molecule has 2 N–H and O–H groups in total. The van der Waals surface area contributed by atoms with Crippen molar-refractivity contribution in [1.29, 1.82) is 0 Å². The first kappa shape index (κ1) is 7.08. The number of hydrogen-bond acceptors (Lipinski definition) is 3. The summed E-state index contributed by atoms with van der Waals surface area (Å²) in [7, 11) is -0.0794. The molecule has 5 nitrogen and oxygen atoms in total. The summed E-state index contributed by atoms with van der Waals surface area (Å²) in [6.07, 6.45) is 0.745. The maximum atomic E-state index is 10.8. The summed E-state index contributed by atoms with van der Waals surface area (Å²) < 4.78 is 8.73. The Morgan fingerprint density at radius 3 is 3.38 bits per heavy atom. The van der Waals surface area contributed by atoms with E-state index in [1.807, 2.05) is 0 Å². The van der Waals surface area contributed by atoms with Gasteiger partial charge in [0.1, 0.15) is 0 Å². The maximum absolute atomic E-state index is 10.8. The molecule has 2 rings (SSSR count). The van der Waals surface area contributed by atoms with Crippen molar-refractivity contribution in [3.63, 3.8) is 0 Å². The predicted molar refractivity (Wildman–Crippen MR) is 45.6 cm³/mol. The van der Waals surface area contributed by atoms with Crippen LogP contribution in [0.2, 0.25) is 0 Å². The molecule has 1 aliphatic heterocycles. The summed E-state index contributed by atoms with van der Waals surface area (Å²) in [5, 5.41) is 12.0. The number of nitrogens with one attached hydrogen (secondary N) is 1. The van der Waals surface area contributed by atoms with Crippen LogP contribution in [0.15, 0.2) is 0 Å². The lowest BCUT2D eigenvalue weighted by molar-refractivity contribution is 0.0679. The molecular formula is C8H11N3O2. The molecule has 0 atom stereocenters. The highest BCUT2D eigenvalue weighted by Gasteiger charge is 2.20. The van der Waals surface area contributed by atoms with E-state index >= 15 is 0 Å². The van der Waals surface area contributed by atoms with Crippen LogP contribution in [0.4, 0.5) is 0 Å². The van der Waals surface area contributed by atoms with Crippen molar-refractivity contribution in [2.45, 2.75) is 13.0 Å². The molecule has 0 amide bonds. The minimum Gasteiger partial charge on any atom is -0.475 e. The number of fused-ring (bicyclic) bond motifs is 1. The quantitative estimate of drug-likeness (QED) is 0.629. The molecule has 2 heterocycles. The number of carboxylic acid groups (broad SMARTS) is 1. The number of nitrogens with zero attached hydrogens (tertiary/aromatic N) is 2. The molecule has 0 aromatic carbocycles. The lowest BCUT2D eigenvalue weighted by Gasteiger charge is -2.12. The van der Waals surface area contributed by atoms with Gasteiger partial charge < -0.3 is 15.0 Å². The van der Waals surface area contributed by atoms with Gasteiger partial charge in [-0.3, -0.25) is 0 Å². The van der Waals surface area contributed by atoms with Crippen LogP contribution in [0, 0.1) is 0 Å². The summed E-state index contributed by atoms with van der Waals surface area (Å²) >= 11 is 0. The van der Waals surface area contributed by atoms with E-state index in [2.05, 4.69) is 10.3 Å². The van der Waals surface area contributed by atoms with Gasteiger partial charge in [-0.1, -0.05) is 0 Å². The number of aromatic nitrogens is 2. The lowest BCUT2D eigenvalue weighted by Crippen LogP contribution is -2.24. The lowest BCUT2D eigenvalue weighted by atomic mass is 10.2. The summed E-state index contributed by atoms with van der Waals surface area (Å²) in [5.74, 6) is -1.08. The Hall–Kier alpha value is -1.36. The molecule has 70 valence electrons. The number of imidazole rings is 1. The summed E-state index contributed by atoms with van der Waals surface area (Å²) in [6, 6.07) is 0. The van der Waals surface area contributed by atoms with Crippen molar-refractivity contribution in [3.8, 4) is 0 Å². The largest absolute Gasteiger partial charge is 0.475 e. The normalized spacial score (nSPS) is 16.5. The van der Waals surface area contributed by atoms with Gasteiger partial charge >= 0.3 is 5.97 Å². The van der Waals surface area contributed by atoms with Crippen LogP contribution in [0.5, 0.6) is 0 Å². The molecule has 0 saturated heterocycles. The molecule has 0 unspecified atom stereocenters. The average molecular weight is 182 g/mol. The fourth-order valence-corrected chi connectivity index (χ4v) is 1.53. The highest BCUT2D eigenvalue weighted by molar-refractivity contribution is 5.83. The SMILES string of the molecule is [2H]Cn1c(C(=O)O)nc2c1CCNC2. The average Bonchev–Trinajstić information content (AvgIpc) is 2.56. The fourth-order valence-electron chi connectivity index (χ4n) is 1.53. The molecule has 0 saturated carbocycles. The van der Waals surface area contributed by atoms with Crippen molar-refractivity contribution in [1.82, 2.24) is 14.9 Å². The second-order valence-corrected chi connectivity index (χ2v) is 2.99.